The van der Waals surface area contributed by atoms with Gasteiger partial charge in [0.05, 0.1) is 6.42 Å². The minimum absolute atomic E-state index is 0.00828. The topological polar surface area (TPSA) is 68.3 Å². The number of hydrogen-bond acceptors (Lipinski definition) is 4. The molecule has 198 valence electrons. The van der Waals surface area contributed by atoms with E-state index in [2.05, 4.69) is 25.1 Å². The highest BCUT2D eigenvalue weighted by atomic mass is 16.1. The Morgan fingerprint density at radius 1 is 0.973 bits per heavy atom. The van der Waals surface area contributed by atoms with E-state index < -0.39 is 0 Å². The molecule has 0 radical (unpaired) electrons. The van der Waals surface area contributed by atoms with Crippen LogP contribution in [0.3, 0.4) is 0 Å². The fraction of sp³-hybridized carbons (Fsp3) is 0.515. The number of fused-ring (bicyclic) bond motifs is 1. The van der Waals surface area contributed by atoms with Gasteiger partial charge in [0, 0.05) is 30.7 Å². The number of carbonyl (C=O) groups is 4. The molecule has 0 N–H and O–H groups in total. The maximum Gasteiger partial charge on any atom is 0.163 e. The summed E-state index contributed by atoms with van der Waals surface area (Å²) in [5.41, 5.74) is 6.13. The van der Waals surface area contributed by atoms with Crippen LogP contribution in [-0.4, -0.2) is 23.1 Å². The minimum Gasteiger partial charge on any atom is -0.300 e. The first-order valence-corrected chi connectivity index (χ1v) is 14.0. The van der Waals surface area contributed by atoms with Crippen LogP contribution in [0.15, 0.2) is 36.4 Å². The van der Waals surface area contributed by atoms with Crippen molar-refractivity contribution < 1.29 is 19.2 Å². The molecule has 0 saturated heterocycles. The highest BCUT2D eigenvalue weighted by molar-refractivity contribution is 6.02. The largest absolute Gasteiger partial charge is 0.300 e. The normalized spacial score (nSPS) is 16.7. The molecule has 1 aliphatic rings. The van der Waals surface area contributed by atoms with Crippen LogP contribution >= 0.6 is 0 Å². The smallest absolute Gasteiger partial charge is 0.163 e. The lowest BCUT2D eigenvalue weighted by atomic mass is 9.71. The van der Waals surface area contributed by atoms with Gasteiger partial charge >= 0.3 is 0 Å². The number of benzene rings is 2. The third-order valence-electron chi connectivity index (χ3n) is 7.97. The molecule has 1 aliphatic carbocycles. The monoisotopic (exact) mass is 502 g/mol. The van der Waals surface area contributed by atoms with E-state index in [4.69, 9.17) is 0 Å². The number of Topliss-reactive ketones (excluding diaryl/α,β-unsaturated/α-hetero) is 4. The second kappa shape index (κ2) is 13.1. The average molecular weight is 503 g/mol. The van der Waals surface area contributed by atoms with E-state index in [1.54, 1.807) is 0 Å². The molecule has 4 heteroatoms. The summed E-state index contributed by atoms with van der Waals surface area (Å²) in [5, 5.41) is 0. The van der Waals surface area contributed by atoms with Crippen molar-refractivity contribution in [2.45, 2.75) is 92.4 Å². The zero-order valence-electron chi connectivity index (χ0n) is 23.2. The van der Waals surface area contributed by atoms with E-state index >= 15 is 0 Å². The van der Waals surface area contributed by atoms with Crippen molar-refractivity contribution in [3.63, 3.8) is 0 Å². The van der Waals surface area contributed by atoms with Gasteiger partial charge in [0.2, 0.25) is 0 Å². The second-order valence-electron chi connectivity index (χ2n) is 10.9. The fourth-order valence-corrected chi connectivity index (χ4v) is 6.16. The molecule has 0 heterocycles. The molecule has 0 fully saturated rings. The lowest BCUT2D eigenvalue weighted by molar-refractivity contribution is -0.130. The Hall–Kier alpha value is -2.88. The molecular formula is C33H42O4. The van der Waals surface area contributed by atoms with Gasteiger partial charge in [-0.15, -0.1) is 0 Å². The summed E-state index contributed by atoms with van der Waals surface area (Å²) in [6, 6.07) is 12.3. The summed E-state index contributed by atoms with van der Waals surface area (Å²) in [7, 11) is 0. The fourth-order valence-electron chi connectivity index (χ4n) is 6.16. The van der Waals surface area contributed by atoms with Crippen LogP contribution in [0.5, 0.6) is 0 Å². The van der Waals surface area contributed by atoms with Gasteiger partial charge in [0.25, 0.3) is 0 Å². The van der Waals surface area contributed by atoms with Crippen molar-refractivity contribution in [1.82, 2.24) is 0 Å². The molecule has 3 atom stereocenters. The van der Waals surface area contributed by atoms with Crippen LogP contribution in [0.1, 0.15) is 99.7 Å². The first kappa shape index (κ1) is 28.7. The maximum atomic E-state index is 13.4. The van der Waals surface area contributed by atoms with Crippen LogP contribution in [-0.2, 0) is 27.2 Å². The van der Waals surface area contributed by atoms with E-state index in [1.165, 1.54) is 6.92 Å². The van der Waals surface area contributed by atoms with Crippen molar-refractivity contribution in [3.8, 4) is 11.1 Å². The molecule has 3 unspecified atom stereocenters. The number of rotatable bonds is 13. The highest BCUT2D eigenvalue weighted by Crippen LogP contribution is 2.40. The number of hydrogen-bond donors (Lipinski definition) is 0. The van der Waals surface area contributed by atoms with Crippen molar-refractivity contribution in [3.05, 3.63) is 58.7 Å². The van der Waals surface area contributed by atoms with E-state index in [-0.39, 0.29) is 47.3 Å². The Labute approximate surface area is 222 Å². The van der Waals surface area contributed by atoms with Crippen molar-refractivity contribution >= 4 is 23.1 Å². The standard InChI is InChI=1S/C33H42O4/c1-6-9-26(28(8-3)31(36)16-22(5)34)17-24-19-30-29(15-10-21(4)33(30)32(37)20-24)25-13-11-23(12-14-25)18-27(35)7-2/h10-15,24,26,28H,6-9,16-20H2,1-5H3. The van der Waals surface area contributed by atoms with Crippen molar-refractivity contribution in [1.29, 1.82) is 0 Å². The quantitative estimate of drug-likeness (QED) is 0.269. The molecule has 3 rings (SSSR count). The van der Waals surface area contributed by atoms with Gasteiger partial charge in [0.1, 0.15) is 17.3 Å². The lowest BCUT2D eigenvalue weighted by Crippen LogP contribution is -2.30. The summed E-state index contributed by atoms with van der Waals surface area (Å²) in [4.78, 5) is 49.8. The van der Waals surface area contributed by atoms with Crippen molar-refractivity contribution in [2.75, 3.05) is 0 Å². The van der Waals surface area contributed by atoms with Crippen LogP contribution in [0, 0.1) is 24.7 Å². The predicted molar refractivity (Wildman–Crippen MR) is 149 cm³/mol. The molecule has 37 heavy (non-hydrogen) atoms. The van der Waals surface area contributed by atoms with Gasteiger partial charge < -0.3 is 0 Å². The molecule has 2 aromatic carbocycles. The summed E-state index contributed by atoms with van der Waals surface area (Å²) in [5.74, 6) is 0.620. The molecule has 2 aromatic rings. The van der Waals surface area contributed by atoms with Gasteiger partial charge in [-0.3, -0.25) is 19.2 Å². The average Bonchev–Trinajstić information content (AvgIpc) is 2.84. The van der Waals surface area contributed by atoms with Gasteiger partial charge in [0.15, 0.2) is 5.78 Å². The molecule has 0 bridgehead atoms. The van der Waals surface area contributed by atoms with Crippen LogP contribution in [0.25, 0.3) is 11.1 Å². The van der Waals surface area contributed by atoms with Gasteiger partial charge in [-0.2, -0.15) is 0 Å². The Morgan fingerprint density at radius 2 is 1.68 bits per heavy atom. The summed E-state index contributed by atoms with van der Waals surface area (Å²) in [6.07, 6.45) is 5.77. The third-order valence-corrected chi connectivity index (χ3v) is 7.97. The summed E-state index contributed by atoms with van der Waals surface area (Å²) in [6.45, 7) is 9.54. The van der Waals surface area contributed by atoms with Gasteiger partial charge in [-0.1, -0.05) is 70.0 Å². The first-order valence-electron chi connectivity index (χ1n) is 14.0. The first-order chi connectivity index (χ1) is 17.7. The summed E-state index contributed by atoms with van der Waals surface area (Å²) >= 11 is 0. The maximum absolute atomic E-state index is 13.4. The van der Waals surface area contributed by atoms with Crippen molar-refractivity contribution in [2.24, 2.45) is 17.8 Å². The lowest BCUT2D eigenvalue weighted by Gasteiger charge is -2.32. The zero-order valence-corrected chi connectivity index (χ0v) is 23.2. The SMILES string of the molecule is CCCC(CC1CC(=O)c2c(C)ccc(-c3ccc(CC(=O)CC)cc3)c2C1)C(CC)C(=O)CC(C)=O. The summed E-state index contributed by atoms with van der Waals surface area (Å²) < 4.78 is 0. The number of carbonyl (C=O) groups excluding carboxylic acids is 4. The Balaban J connectivity index is 1.90. The molecule has 0 aliphatic heterocycles. The molecule has 0 spiro atoms. The van der Waals surface area contributed by atoms with E-state index in [0.717, 1.165) is 65.5 Å². The minimum atomic E-state index is -0.129. The third kappa shape index (κ3) is 7.12. The molecular weight excluding hydrogens is 460 g/mol. The molecule has 0 saturated carbocycles. The van der Waals surface area contributed by atoms with E-state index in [1.807, 2.05) is 39.0 Å². The molecule has 0 aromatic heterocycles. The Kier molecular flexibility index (Phi) is 10.1. The predicted octanol–water partition coefficient (Wildman–Crippen LogP) is 7.31. The number of aryl methyl sites for hydroxylation is 1. The zero-order chi connectivity index (χ0) is 27.1. The molecule has 4 nitrogen and oxygen atoms in total. The van der Waals surface area contributed by atoms with Crippen LogP contribution in [0.4, 0.5) is 0 Å². The highest BCUT2D eigenvalue weighted by Gasteiger charge is 2.34. The molecule has 0 amide bonds. The van der Waals surface area contributed by atoms with Crippen LogP contribution in [0.2, 0.25) is 0 Å². The Morgan fingerprint density at radius 3 is 2.27 bits per heavy atom. The second-order valence-corrected chi connectivity index (χ2v) is 10.9. The van der Waals surface area contributed by atoms with Gasteiger partial charge in [-0.25, -0.2) is 0 Å². The van der Waals surface area contributed by atoms with E-state index in [0.29, 0.717) is 19.3 Å². The van der Waals surface area contributed by atoms with Crippen LogP contribution < -0.4 is 0 Å². The van der Waals surface area contributed by atoms with E-state index in [9.17, 15) is 19.2 Å². The van der Waals surface area contributed by atoms with Gasteiger partial charge in [-0.05, 0) is 72.8 Å². The number of ketones is 4. The Bertz CT molecular complexity index is 1140.